The third-order valence-corrected chi connectivity index (χ3v) is 4.39. The average molecular weight is 340 g/mol. The summed E-state index contributed by atoms with van der Waals surface area (Å²) in [6.45, 7) is 2.51. The summed E-state index contributed by atoms with van der Waals surface area (Å²) in [5.74, 6) is -0.501. The van der Waals surface area contributed by atoms with Gasteiger partial charge >= 0.3 is 6.01 Å². The number of hydrogen-bond acceptors (Lipinski definition) is 6. The van der Waals surface area contributed by atoms with Crippen LogP contribution in [0.3, 0.4) is 0 Å². The molecular weight excluding hydrogens is 320 g/mol. The number of aryl methyl sites for hydroxylation is 1. The van der Waals surface area contributed by atoms with E-state index in [1.165, 1.54) is 17.3 Å². The smallest absolute Gasteiger partial charge is 0.316 e. The third-order valence-electron chi connectivity index (χ3n) is 3.56. The molecule has 0 radical (unpaired) electrons. The molecular formula is C18H20N4OS. The molecule has 0 spiro atoms. The molecule has 1 unspecified atom stereocenters. The van der Waals surface area contributed by atoms with Crippen LogP contribution in [0.2, 0.25) is 0 Å². The fraction of sp³-hybridized carbons (Fsp3) is 0.333. The van der Waals surface area contributed by atoms with Gasteiger partial charge in [0.2, 0.25) is 0 Å². The Hall–Kier alpha value is -2.39. The molecule has 24 heavy (non-hydrogen) atoms. The molecule has 0 aliphatic carbocycles. The highest BCUT2D eigenvalue weighted by molar-refractivity contribution is 8.13. The van der Waals surface area contributed by atoms with Gasteiger partial charge < -0.3 is 4.74 Å². The second-order valence-electron chi connectivity index (χ2n) is 5.05. The maximum absolute atomic E-state index is 9.41. The van der Waals surface area contributed by atoms with E-state index in [9.17, 15) is 5.26 Å². The van der Waals surface area contributed by atoms with E-state index in [0.29, 0.717) is 12.3 Å². The van der Waals surface area contributed by atoms with Crippen LogP contribution in [-0.2, 0) is 13.0 Å². The van der Waals surface area contributed by atoms with Gasteiger partial charge in [0.05, 0.1) is 16.8 Å². The van der Waals surface area contributed by atoms with Crippen LogP contribution in [0.15, 0.2) is 41.5 Å². The molecule has 2 rings (SSSR count). The molecule has 1 aromatic heterocycles. The molecule has 0 amide bonds. The Morgan fingerprint density at radius 3 is 2.58 bits per heavy atom. The Bertz CT molecular complexity index is 737. The molecule has 124 valence electrons. The highest BCUT2D eigenvalue weighted by Gasteiger charge is 2.19. The van der Waals surface area contributed by atoms with Gasteiger partial charge in [-0.05, 0) is 29.9 Å². The fourth-order valence-corrected chi connectivity index (χ4v) is 2.78. The molecule has 6 heteroatoms. The van der Waals surface area contributed by atoms with Gasteiger partial charge in [-0.2, -0.15) is 10.2 Å². The van der Waals surface area contributed by atoms with Gasteiger partial charge in [0.15, 0.2) is 0 Å². The van der Waals surface area contributed by atoms with Gasteiger partial charge in [-0.1, -0.05) is 31.2 Å². The second kappa shape index (κ2) is 9.04. The zero-order chi connectivity index (χ0) is 17.4. The average Bonchev–Trinajstić information content (AvgIpc) is 2.65. The summed E-state index contributed by atoms with van der Waals surface area (Å²) in [6.07, 6.45) is 4.51. The van der Waals surface area contributed by atoms with Crippen molar-refractivity contribution in [2.24, 2.45) is 4.99 Å². The number of benzene rings is 1. The lowest BCUT2D eigenvalue weighted by molar-refractivity contribution is 0.279. The molecule has 0 aliphatic rings. The van der Waals surface area contributed by atoms with Crippen molar-refractivity contribution in [3.63, 3.8) is 0 Å². The molecule has 1 aromatic carbocycles. The summed E-state index contributed by atoms with van der Waals surface area (Å²) in [5, 5.41) is 10.1. The van der Waals surface area contributed by atoms with Crippen LogP contribution in [0.5, 0.6) is 6.01 Å². The van der Waals surface area contributed by atoms with E-state index in [2.05, 4.69) is 40.1 Å². The molecule has 0 aliphatic heterocycles. The first-order valence-corrected chi connectivity index (χ1v) is 8.88. The van der Waals surface area contributed by atoms with Crippen LogP contribution in [0, 0.1) is 11.3 Å². The van der Waals surface area contributed by atoms with Crippen LogP contribution < -0.4 is 4.74 Å². The van der Waals surface area contributed by atoms with Crippen LogP contribution in [-0.4, -0.2) is 28.3 Å². The lowest BCUT2D eigenvalue weighted by Gasteiger charge is -2.11. The Balaban J connectivity index is 2.10. The maximum Gasteiger partial charge on any atom is 0.316 e. The van der Waals surface area contributed by atoms with Crippen LogP contribution in [0.25, 0.3) is 0 Å². The van der Waals surface area contributed by atoms with Crippen molar-refractivity contribution in [2.75, 3.05) is 13.3 Å². The molecule has 0 saturated carbocycles. The number of aromatic nitrogens is 2. The second-order valence-corrected chi connectivity index (χ2v) is 5.88. The first-order valence-electron chi connectivity index (χ1n) is 7.65. The molecule has 2 aromatic rings. The molecule has 0 fully saturated rings. The summed E-state index contributed by atoms with van der Waals surface area (Å²) >= 11 is 1.44. The van der Waals surface area contributed by atoms with E-state index in [4.69, 9.17) is 4.74 Å². The van der Waals surface area contributed by atoms with Crippen LogP contribution in [0.4, 0.5) is 0 Å². The third kappa shape index (κ3) is 4.56. The van der Waals surface area contributed by atoms with Crippen molar-refractivity contribution < 1.29 is 4.74 Å². The fourth-order valence-electron chi connectivity index (χ4n) is 2.19. The number of hydrogen-bond donors (Lipinski definition) is 0. The highest BCUT2D eigenvalue weighted by atomic mass is 32.2. The van der Waals surface area contributed by atoms with Gasteiger partial charge in [-0.25, -0.2) is 4.98 Å². The summed E-state index contributed by atoms with van der Waals surface area (Å²) in [4.78, 5) is 12.6. The van der Waals surface area contributed by atoms with E-state index in [-0.39, 0.29) is 6.01 Å². The Labute approximate surface area is 146 Å². The first kappa shape index (κ1) is 18.0. The van der Waals surface area contributed by atoms with Gasteiger partial charge in [0.25, 0.3) is 0 Å². The normalized spacial score (nSPS) is 12.5. The van der Waals surface area contributed by atoms with Crippen LogP contribution >= 0.6 is 11.8 Å². The van der Waals surface area contributed by atoms with Crippen molar-refractivity contribution in [1.29, 1.82) is 5.26 Å². The standard InChI is InChI=1S/C18H20N4OS/c1-4-13-5-7-14(8-6-13)12-23-18-21-10-9-16(22-18)15(11-19)17(20-2)24-3/h5-10,15H,4,12H2,1-3H3. The number of ether oxygens (including phenoxy) is 1. The molecule has 0 bridgehead atoms. The van der Waals surface area contributed by atoms with E-state index in [0.717, 1.165) is 17.0 Å². The van der Waals surface area contributed by atoms with Gasteiger partial charge in [-0.3, -0.25) is 4.99 Å². The predicted molar refractivity (Wildman–Crippen MR) is 97.4 cm³/mol. The van der Waals surface area contributed by atoms with Crippen molar-refractivity contribution >= 4 is 16.8 Å². The van der Waals surface area contributed by atoms with E-state index >= 15 is 0 Å². The van der Waals surface area contributed by atoms with Gasteiger partial charge in [-0.15, -0.1) is 11.8 Å². The molecule has 0 N–H and O–H groups in total. The Morgan fingerprint density at radius 1 is 1.29 bits per heavy atom. The number of nitriles is 1. The summed E-state index contributed by atoms with van der Waals surface area (Å²) < 4.78 is 5.67. The lowest BCUT2D eigenvalue weighted by Crippen LogP contribution is -2.10. The number of thioether (sulfide) groups is 1. The summed E-state index contributed by atoms with van der Waals surface area (Å²) in [5.41, 5.74) is 2.94. The lowest BCUT2D eigenvalue weighted by atomic mass is 10.1. The van der Waals surface area contributed by atoms with Crippen molar-refractivity contribution in [2.45, 2.75) is 25.9 Å². The predicted octanol–water partition coefficient (Wildman–Crippen LogP) is 3.62. The zero-order valence-corrected chi connectivity index (χ0v) is 14.9. The van der Waals surface area contributed by atoms with Crippen molar-refractivity contribution in [3.05, 3.63) is 53.3 Å². The minimum atomic E-state index is -0.501. The largest absolute Gasteiger partial charge is 0.459 e. The minimum Gasteiger partial charge on any atom is -0.459 e. The molecule has 5 nitrogen and oxygen atoms in total. The molecule has 0 saturated heterocycles. The first-order chi connectivity index (χ1) is 11.7. The zero-order valence-electron chi connectivity index (χ0n) is 14.1. The van der Waals surface area contributed by atoms with E-state index in [1.54, 1.807) is 19.3 Å². The monoisotopic (exact) mass is 340 g/mol. The highest BCUT2D eigenvalue weighted by Crippen LogP contribution is 2.21. The summed E-state index contributed by atoms with van der Waals surface area (Å²) in [6, 6.07) is 12.5. The van der Waals surface area contributed by atoms with Gasteiger partial charge in [0, 0.05) is 13.2 Å². The van der Waals surface area contributed by atoms with Crippen molar-refractivity contribution in [3.8, 4) is 12.1 Å². The SMILES string of the molecule is CCc1ccc(COc2nccc(C(C#N)C(=NC)SC)n2)cc1. The number of aliphatic imine (C=N–C) groups is 1. The van der Waals surface area contributed by atoms with E-state index in [1.807, 2.05) is 18.4 Å². The number of rotatable bonds is 6. The van der Waals surface area contributed by atoms with E-state index < -0.39 is 5.92 Å². The molecule has 1 heterocycles. The minimum absolute atomic E-state index is 0.267. The maximum atomic E-state index is 9.41. The van der Waals surface area contributed by atoms with Crippen molar-refractivity contribution in [1.82, 2.24) is 9.97 Å². The van der Waals surface area contributed by atoms with Crippen LogP contribution in [0.1, 0.15) is 29.7 Å². The topological polar surface area (TPSA) is 71.2 Å². The Kier molecular flexibility index (Phi) is 6.76. The van der Waals surface area contributed by atoms with Gasteiger partial charge in [0.1, 0.15) is 12.5 Å². The Morgan fingerprint density at radius 2 is 2.00 bits per heavy atom. The number of nitrogens with zero attached hydrogens (tertiary/aromatic N) is 4. The summed E-state index contributed by atoms with van der Waals surface area (Å²) in [7, 11) is 1.68. The molecule has 1 atom stereocenters. The quantitative estimate of drug-likeness (QED) is 0.593.